The van der Waals surface area contributed by atoms with E-state index in [0.717, 1.165) is 36.4 Å². The van der Waals surface area contributed by atoms with Crippen LogP contribution in [0.25, 0.3) is 22.3 Å². The largest absolute Gasteiger partial charge is 0.427 e. The molecule has 4 aromatic rings. The SMILES string of the molecule is CC1CCC(Cn2c(N3CCOCC3c3ccccc3F)nc3cc(C4NOC(=O)N4)nc(-c4cncc(Cl)c4)c32)CC1. The maximum atomic E-state index is 15.2. The molecule has 3 aromatic heterocycles. The van der Waals surface area contributed by atoms with Crippen molar-refractivity contribution in [3.05, 3.63) is 70.9 Å². The third-order valence-electron chi connectivity index (χ3n) is 8.76. The van der Waals surface area contributed by atoms with Gasteiger partial charge < -0.3 is 19.0 Å². The summed E-state index contributed by atoms with van der Waals surface area (Å²) in [5.41, 5.74) is 6.70. The summed E-state index contributed by atoms with van der Waals surface area (Å²) in [6, 6.07) is 10.2. The summed E-state index contributed by atoms with van der Waals surface area (Å²) in [5.74, 6) is 1.63. The fourth-order valence-electron chi connectivity index (χ4n) is 6.49. The van der Waals surface area contributed by atoms with Crippen LogP contribution in [0, 0.1) is 17.7 Å². The molecule has 2 aliphatic heterocycles. The average molecular weight is 606 g/mol. The Labute approximate surface area is 253 Å². The van der Waals surface area contributed by atoms with Gasteiger partial charge in [-0.15, -0.1) is 5.48 Å². The number of benzene rings is 1. The van der Waals surface area contributed by atoms with Crippen LogP contribution in [0.4, 0.5) is 15.1 Å². The molecule has 0 radical (unpaired) electrons. The first-order chi connectivity index (χ1) is 20.9. The Bertz CT molecular complexity index is 1660. The van der Waals surface area contributed by atoms with Crippen molar-refractivity contribution in [2.75, 3.05) is 24.7 Å². The maximum absolute atomic E-state index is 15.2. The van der Waals surface area contributed by atoms with Gasteiger partial charge in [-0.1, -0.05) is 49.6 Å². The van der Waals surface area contributed by atoms with Gasteiger partial charge in [-0.25, -0.2) is 19.2 Å². The molecule has 43 heavy (non-hydrogen) atoms. The summed E-state index contributed by atoms with van der Waals surface area (Å²) in [6.45, 7) is 4.44. The predicted molar refractivity (Wildman–Crippen MR) is 160 cm³/mol. The van der Waals surface area contributed by atoms with Crippen LogP contribution in [0.5, 0.6) is 0 Å². The molecule has 3 aliphatic rings. The molecule has 5 heterocycles. The number of nitrogens with one attached hydrogen (secondary N) is 2. The lowest BCUT2D eigenvalue weighted by Crippen LogP contribution is -2.41. The van der Waals surface area contributed by atoms with Gasteiger partial charge in [-0.05, 0) is 42.9 Å². The van der Waals surface area contributed by atoms with Crippen LogP contribution in [-0.4, -0.2) is 45.4 Å². The van der Waals surface area contributed by atoms with Crippen molar-refractivity contribution in [2.24, 2.45) is 11.8 Å². The van der Waals surface area contributed by atoms with E-state index in [-0.39, 0.29) is 11.9 Å². The quantitative estimate of drug-likeness (QED) is 0.278. The molecule has 2 N–H and O–H groups in total. The summed E-state index contributed by atoms with van der Waals surface area (Å²) < 4.78 is 23.3. The standard InChI is InChI=1S/C31H33ClFN7O3/c1-18-6-8-19(9-7-18)16-40-28-24(36-30(40)39-10-11-42-17-26(39)22-4-2-3-5-23(22)33)13-25(29-37-31(41)43-38-29)35-27(28)20-12-21(32)15-34-14-20/h2-5,12-15,18-19,26,29,38H,6-11,16-17H2,1H3,(H,37,41). The Hall–Kier alpha value is -3.80. The van der Waals surface area contributed by atoms with E-state index in [1.165, 1.54) is 18.9 Å². The minimum atomic E-state index is -0.661. The number of aromatic nitrogens is 4. The highest BCUT2D eigenvalue weighted by Crippen LogP contribution is 2.39. The van der Waals surface area contributed by atoms with E-state index in [1.54, 1.807) is 18.5 Å². The summed E-state index contributed by atoms with van der Waals surface area (Å²) in [4.78, 5) is 33.6. The molecule has 2 unspecified atom stereocenters. The number of carbonyl (C=O) groups excluding carboxylic acids is 1. The summed E-state index contributed by atoms with van der Waals surface area (Å²) in [7, 11) is 0. The van der Waals surface area contributed by atoms with Gasteiger partial charge in [-0.2, -0.15) is 0 Å². The number of fused-ring (bicyclic) bond motifs is 1. The number of imidazole rings is 1. The van der Waals surface area contributed by atoms with Crippen LogP contribution in [0.3, 0.4) is 0 Å². The van der Waals surface area contributed by atoms with Gasteiger partial charge in [0.05, 0.1) is 46.7 Å². The molecule has 3 fully saturated rings. The minimum Gasteiger partial charge on any atom is -0.377 e. The van der Waals surface area contributed by atoms with E-state index >= 15 is 4.39 Å². The number of anilines is 1. The zero-order valence-electron chi connectivity index (χ0n) is 23.8. The van der Waals surface area contributed by atoms with Crippen molar-refractivity contribution in [1.29, 1.82) is 0 Å². The van der Waals surface area contributed by atoms with Gasteiger partial charge in [0.1, 0.15) is 5.82 Å². The molecule has 2 saturated heterocycles. The highest BCUT2D eigenvalue weighted by Gasteiger charge is 2.34. The number of nitrogens with zero attached hydrogens (tertiary/aromatic N) is 5. The lowest BCUT2D eigenvalue weighted by Gasteiger charge is -2.37. The highest BCUT2D eigenvalue weighted by molar-refractivity contribution is 6.30. The number of carbonyl (C=O) groups is 1. The minimum absolute atomic E-state index is 0.273. The Kier molecular flexibility index (Phi) is 7.62. The van der Waals surface area contributed by atoms with E-state index in [1.807, 2.05) is 24.3 Å². The molecule has 10 nitrogen and oxygen atoms in total. The Morgan fingerprint density at radius 3 is 2.72 bits per heavy atom. The molecule has 0 spiro atoms. The molecular formula is C31H33ClFN7O3. The van der Waals surface area contributed by atoms with E-state index < -0.39 is 12.3 Å². The summed E-state index contributed by atoms with van der Waals surface area (Å²) in [6.07, 6.45) is 6.67. The van der Waals surface area contributed by atoms with Gasteiger partial charge in [-0.3, -0.25) is 10.3 Å². The first-order valence-electron chi connectivity index (χ1n) is 14.8. The second-order valence-electron chi connectivity index (χ2n) is 11.7. The lowest BCUT2D eigenvalue weighted by atomic mass is 9.83. The van der Waals surface area contributed by atoms with Crippen LogP contribution < -0.4 is 15.7 Å². The van der Waals surface area contributed by atoms with Crippen molar-refractivity contribution in [3.8, 4) is 11.3 Å². The molecule has 1 amide bonds. The fourth-order valence-corrected chi connectivity index (χ4v) is 6.66. The topological polar surface area (TPSA) is 106 Å². The Morgan fingerprint density at radius 1 is 1.12 bits per heavy atom. The Balaban J connectivity index is 1.43. The summed E-state index contributed by atoms with van der Waals surface area (Å²) >= 11 is 6.41. The third-order valence-corrected chi connectivity index (χ3v) is 8.96. The van der Waals surface area contributed by atoms with Crippen LogP contribution >= 0.6 is 11.6 Å². The number of hydroxylamine groups is 1. The van der Waals surface area contributed by atoms with E-state index in [9.17, 15) is 4.79 Å². The number of amides is 1. The Morgan fingerprint density at radius 2 is 1.95 bits per heavy atom. The lowest BCUT2D eigenvalue weighted by molar-refractivity contribution is 0.0917. The number of halogens is 2. The number of rotatable bonds is 6. The normalized spacial score (nSPS) is 24.3. The van der Waals surface area contributed by atoms with Crippen molar-refractivity contribution in [1.82, 2.24) is 30.3 Å². The fraction of sp³-hybridized carbons (Fsp3) is 0.419. The second-order valence-corrected chi connectivity index (χ2v) is 12.1. The van der Waals surface area contributed by atoms with Crippen molar-refractivity contribution in [3.63, 3.8) is 0 Å². The number of ether oxygens (including phenoxy) is 1. The van der Waals surface area contributed by atoms with Crippen molar-refractivity contribution >= 4 is 34.7 Å². The van der Waals surface area contributed by atoms with Crippen LogP contribution in [0.1, 0.15) is 56.1 Å². The monoisotopic (exact) mass is 605 g/mol. The molecule has 12 heteroatoms. The number of pyridine rings is 2. The van der Waals surface area contributed by atoms with Crippen molar-refractivity contribution < 1.29 is 18.8 Å². The molecule has 224 valence electrons. The molecule has 7 rings (SSSR count). The van der Waals surface area contributed by atoms with Crippen molar-refractivity contribution in [2.45, 2.75) is 51.4 Å². The number of hydrogen-bond donors (Lipinski definition) is 2. The first kappa shape index (κ1) is 28.0. The van der Waals surface area contributed by atoms with Crippen LogP contribution in [0.15, 0.2) is 48.8 Å². The smallest absolute Gasteiger partial charge is 0.377 e. The molecular weight excluding hydrogens is 573 g/mol. The molecule has 2 atom stereocenters. The van der Waals surface area contributed by atoms with Crippen LogP contribution in [-0.2, 0) is 16.1 Å². The molecule has 1 aromatic carbocycles. The van der Waals surface area contributed by atoms with Crippen LogP contribution in [0.2, 0.25) is 5.02 Å². The third kappa shape index (κ3) is 5.52. The average Bonchev–Trinajstić information content (AvgIpc) is 3.61. The molecule has 1 aliphatic carbocycles. The maximum Gasteiger partial charge on any atom is 0.427 e. The van der Waals surface area contributed by atoms with Gasteiger partial charge in [0.25, 0.3) is 0 Å². The predicted octanol–water partition coefficient (Wildman–Crippen LogP) is 5.93. The van der Waals surface area contributed by atoms with Gasteiger partial charge in [0.2, 0.25) is 5.95 Å². The van der Waals surface area contributed by atoms with Gasteiger partial charge >= 0.3 is 6.09 Å². The highest BCUT2D eigenvalue weighted by atomic mass is 35.5. The van der Waals surface area contributed by atoms with Gasteiger partial charge in [0, 0.05) is 36.6 Å². The number of hydrogen-bond acceptors (Lipinski definition) is 8. The molecule has 1 saturated carbocycles. The zero-order chi connectivity index (χ0) is 29.5. The zero-order valence-corrected chi connectivity index (χ0v) is 24.6. The first-order valence-corrected chi connectivity index (χ1v) is 15.2. The second kappa shape index (κ2) is 11.7. The summed E-state index contributed by atoms with van der Waals surface area (Å²) in [5, 5.41) is 3.22. The number of morpholine rings is 1. The van der Waals surface area contributed by atoms with E-state index in [2.05, 4.69) is 32.2 Å². The molecule has 0 bridgehead atoms. The van der Waals surface area contributed by atoms with Gasteiger partial charge in [0.15, 0.2) is 6.17 Å². The van der Waals surface area contributed by atoms with E-state index in [4.69, 9.17) is 31.1 Å². The van der Waals surface area contributed by atoms with E-state index in [0.29, 0.717) is 59.1 Å².